The van der Waals surface area contributed by atoms with Crippen LogP contribution < -0.4 is 5.32 Å². The summed E-state index contributed by atoms with van der Waals surface area (Å²) < 4.78 is 11.7. The molecule has 156 valence electrons. The molecule has 2 N–H and O–H groups in total. The van der Waals surface area contributed by atoms with E-state index in [1.807, 2.05) is 0 Å². The lowest BCUT2D eigenvalue weighted by atomic mass is 9.68. The Morgan fingerprint density at radius 3 is 2.71 bits per heavy atom. The largest absolute Gasteiger partial charge is 0.383 e. The molecule has 2 atom stereocenters. The average Bonchev–Trinajstić information content (AvgIpc) is 2.95. The van der Waals surface area contributed by atoms with Crippen molar-refractivity contribution < 1.29 is 19.4 Å². The molecule has 1 aromatic carbocycles. The van der Waals surface area contributed by atoms with E-state index in [2.05, 4.69) is 39.4 Å². The molecule has 0 bridgehead atoms. The number of nitrogens with one attached hydrogen (secondary N) is 1. The summed E-state index contributed by atoms with van der Waals surface area (Å²) in [4.78, 5) is 14.5. The fourth-order valence-electron chi connectivity index (χ4n) is 4.76. The van der Waals surface area contributed by atoms with Crippen LogP contribution in [0.4, 0.5) is 4.79 Å². The molecule has 28 heavy (non-hydrogen) atoms. The molecule has 0 saturated heterocycles. The van der Waals surface area contributed by atoms with Gasteiger partial charge >= 0.3 is 6.03 Å². The fourth-order valence-corrected chi connectivity index (χ4v) is 5.14. The first-order chi connectivity index (χ1) is 13.4. The minimum atomic E-state index is -0.876. The predicted octanol–water partition coefficient (Wildman–Crippen LogP) is 3.62. The summed E-state index contributed by atoms with van der Waals surface area (Å²) in [6.07, 6.45) is 4.41. The van der Waals surface area contributed by atoms with Crippen molar-refractivity contribution in [2.75, 3.05) is 27.4 Å². The van der Waals surface area contributed by atoms with Crippen molar-refractivity contribution in [1.82, 2.24) is 10.2 Å². The van der Waals surface area contributed by atoms with Gasteiger partial charge in [0, 0.05) is 25.2 Å². The van der Waals surface area contributed by atoms with Gasteiger partial charge in [0.25, 0.3) is 0 Å². The third-order valence-electron chi connectivity index (χ3n) is 6.35. The Morgan fingerprint density at radius 1 is 1.39 bits per heavy atom. The number of methoxy groups -OCH3 is 2. The number of amides is 2. The summed E-state index contributed by atoms with van der Waals surface area (Å²) >= 11 is 3.58. The van der Waals surface area contributed by atoms with Crippen LogP contribution in [0.1, 0.15) is 49.8 Å². The number of hydrogen-bond acceptors (Lipinski definition) is 4. The normalized spacial score (nSPS) is 27.5. The van der Waals surface area contributed by atoms with Crippen LogP contribution in [0.2, 0.25) is 0 Å². The molecular formula is C21H31BrN2O4. The Balaban J connectivity index is 1.86. The monoisotopic (exact) mass is 454 g/mol. The number of aliphatic hydroxyl groups excluding tert-OH is 1. The molecule has 2 amide bonds. The minimum Gasteiger partial charge on any atom is -0.383 e. The Hall–Kier alpha value is -1.15. The zero-order valence-electron chi connectivity index (χ0n) is 16.9. The quantitative estimate of drug-likeness (QED) is 0.643. The van der Waals surface area contributed by atoms with E-state index in [0.29, 0.717) is 19.3 Å². The van der Waals surface area contributed by atoms with E-state index < -0.39 is 6.23 Å². The lowest BCUT2D eigenvalue weighted by Gasteiger charge is -2.42. The van der Waals surface area contributed by atoms with Crippen molar-refractivity contribution in [3.05, 3.63) is 33.8 Å². The van der Waals surface area contributed by atoms with Crippen LogP contribution in [0.3, 0.4) is 0 Å². The van der Waals surface area contributed by atoms with Crippen molar-refractivity contribution in [2.45, 2.75) is 57.4 Å². The molecule has 3 rings (SSSR count). The molecule has 6 nitrogen and oxygen atoms in total. The highest BCUT2D eigenvalue weighted by Gasteiger charge is 2.49. The van der Waals surface area contributed by atoms with Crippen LogP contribution in [0, 0.1) is 5.41 Å². The van der Waals surface area contributed by atoms with Crippen molar-refractivity contribution in [1.29, 1.82) is 0 Å². The molecule has 1 aromatic rings. The molecule has 2 aliphatic carbocycles. The molecule has 2 unspecified atom stereocenters. The van der Waals surface area contributed by atoms with Gasteiger partial charge in [-0.3, -0.25) is 4.90 Å². The van der Waals surface area contributed by atoms with Crippen LogP contribution in [0.15, 0.2) is 22.7 Å². The second kappa shape index (κ2) is 9.11. The second-order valence-corrected chi connectivity index (χ2v) is 8.93. The minimum absolute atomic E-state index is 0.000559. The fraction of sp³-hybridized carbons (Fsp3) is 0.667. The van der Waals surface area contributed by atoms with Crippen LogP contribution >= 0.6 is 15.9 Å². The zero-order valence-corrected chi connectivity index (χ0v) is 18.5. The van der Waals surface area contributed by atoms with Crippen LogP contribution in [0.25, 0.3) is 0 Å². The molecule has 2 aliphatic rings. The average molecular weight is 455 g/mol. The highest BCUT2D eigenvalue weighted by atomic mass is 79.9. The molecule has 1 fully saturated rings. The Morgan fingerprint density at radius 2 is 2.11 bits per heavy atom. The SMILES string of the molecule is COCCN(C(=O)NC1c2cc(Br)ccc2CC12CCC(OC)CC2)C(C)O. The molecule has 0 radical (unpaired) electrons. The molecule has 7 heteroatoms. The Labute approximate surface area is 175 Å². The number of nitrogens with zero attached hydrogens (tertiary/aromatic N) is 1. The van der Waals surface area contributed by atoms with Crippen LogP contribution in [-0.4, -0.2) is 55.7 Å². The van der Waals surface area contributed by atoms with Crippen molar-refractivity contribution in [3.63, 3.8) is 0 Å². The highest BCUT2D eigenvalue weighted by molar-refractivity contribution is 9.10. The summed E-state index contributed by atoms with van der Waals surface area (Å²) in [6, 6.07) is 6.03. The van der Waals surface area contributed by atoms with E-state index in [1.165, 1.54) is 16.0 Å². The summed E-state index contributed by atoms with van der Waals surface area (Å²) in [6.45, 7) is 2.33. The van der Waals surface area contributed by atoms with E-state index in [9.17, 15) is 9.90 Å². The van der Waals surface area contributed by atoms with E-state index in [-0.39, 0.29) is 17.5 Å². The van der Waals surface area contributed by atoms with Gasteiger partial charge in [-0.1, -0.05) is 22.0 Å². The van der Waals surface area contributed by atoms with Crippen molar-refractivity contribution in [2.24, 2.45) is 5.41 Å². The first-order valence-electron chi connectivity index (χ1n) is 9.95. The van der Waals surface area contributed by atoms with Crippen LogP contribution in [-0.2, 0) is 15.9 Å². The van der Waals surface area contributed by atoms with Gasteiger partial charge in [-0.05, 0) is 67.7 Å². The van der Waals surface area contributed by atoms with Gasteiger partial charge in [0.15, 0.2) is 0 Å². The number of carbonyl (C=O) groups excluding carboxylic acids is 1. The lowest BCUT2D eigenvalue weighted by Crippen LogP contribution is -2.50. The van der Waals surface area contributed by atoms with E-state index >= 15 is 0 Å². The maximum absolute atomic E-state index is 13.1. The smallest absolute Gasteiger partial charge is 0.320 e. The van der Waals surface area contributed by atoms with Gasteiger partial charge in [-0.25, -0.2) is 4.79 Å². The molecule has 0 heterocycles. The first kappa shape index (κ1) is 21.6. The first-order valence-corrected chi connectivity index (χ1v) is 10.7. The second-order valence-electron chi connectivity index (χ2n) is 8.02. The topological polar surface area (TPSA) is 71.0 Å². The van der Waals surface area contributed by atoms with Gasteiger partial charge in [0.2, 0.25) is 0 Å². The number of aliphatic hydroxyl groups is 1. The maximum Gasteiger partial charge on any atom is 0.320 e. The van der Waals surface area contributed by atoms with Crippen LogP contribution in [0.5, 0.6) is 0 Å². The number of benzene rings is 1. The van der Waals surface area contributed by atoms with Gasteiger partial charge < -0.3 is 19.9 Å². The van der Waals surface area contributed by atoms with E-state index in [1.54, 1.807) is 21.1 Å². The van der Waals surface area contributed by atoms with E-state index in [0.717, 1.165) is 36.6 Å². The van der Waals surface area contributed by atoms with Crippen molar-refractivity contribution >= 4 is 22.0 Å². The zero-order chi connectivity index (χ0) is 20.3. The predicted molar refractivity (Wildman–Crippen MR) is 111 cm³/mol. The van der Waals surface area contributed by atoms with Gasteiger partial charge in [0.05, 0.1) is 18.8 Å². The number of fused-ring (bicyclic) bond motifs is 1. The third-order valence-corrected chi connectivity index (χ3v) is 6.84. The Bertz CT molecular complexity index is 689. The van der Waals surface area contributed by atoms with Crippen molar-refractivity contribution in [3.8, 4) is 0 Å². The summed E-state index contributed by atoms with van der Waals surface area (Å²) in [7, 11) is 3.37. The molecule has 0 aromatic heterocycles. The summed E-state index contributed by atoms with van der Waals surface area (Å²) in [5.74, 6) is 0. The highest BCUT2D eigenvalue weighted by Crippen LogP contribution is 2.54. The number of halogens is 1. The van der Waals surface area contributed by atoms with E-state index in [4.69, 9.17) is 9.47 Å². The standard InChI is InChI=1S/C21H31BrN2O4/c1-14(25)24(10-11-27-2)20(26)23-19-18-12-16(22)5-4-15(18)13-21(19)8-6-17(28-3)7-9-21/h4-5,12,14,17,19,25H,6-11,13H2,1-3H3,(H,23,26). The number of urea groups is 1. The van der Waals surface area contributed by atoms with Gasteiger partial charge in [0.1, 0.15) is 6.23 Å². The third kappa shape index (κ3) is 4.37. The number of ether oxygens (including phenoxy) is 2. The summed E-state index contributed by atoms with van der Waals surface area (Å²) in [5.41, 5.74) is 2.47. The number of carbonyl (C=O) groups is 1. The Kier molecular flexibility index (Phi) is 7.02. The molecule has 1 saturated carbocycles. The number of rotatable bonds is 6. The number of hydrogen-bond donors (Lipinski definition) is 2. The van der Waals surface area contributed by atoms with Gasteiger partial charge in [-0.2, -0.15) is 0 Å². The lowest BCUT2D eigenvalue weighted by molar-refractivity contribution is 0.00918. The molecular weight excluding hydrogens is 424 g/mol. The summed E-state index contributed by atoms with van der Waals surface area (Å²) in [5, 5.41) is 13.3. The maximum atomic E-state index is 13.1. The van der Waals surface area contributed by atoms with Gasteiger partial charge in [-0.15, -0.1) is 0 Å². The molecule has 0 aliphatic heterocycles. The molecule has 1 spiro atoms.